The molecular formula is C21H22N6O2S. The number of para-hydroxylation sites is 1. The monoisotopic (exact) mass is 422 g/mol. The van der Waals surface area contributed by atoms with Crippen LogP contribution in [0, 0.1) is 0 Å². The van der Waals surface area contributed by atoms with Gasteiger partial charge in [-0.3, -0.25) is 4.79 Å². The first-order valence-corrected chi connectivity index (χ1v) is 10.2. The van der Waals surface area contributed by atoms with E-state index in [1.165, 1.54) is 18.0 Å². The highest BCUT2D eigenvalue weighted by Gasteiger charge is 2.13. The first kappa shape index (κ1) is 21.1. The summed E-state index contributed by atoms with van der Waals surface area (Å²) in [4.78, 5) is 12.1. The third-order valence-electron chi connectivity index (χ3n) is 3.93. The van der Waals surface area contributed by atoms with E-state index in [-0.39, 0.29) is 17.4 Å². The number of hydrogen-bond acceptors (Lipinski definition) is 7. The van der Waals surface area contributed by atoms with Crippen molar-refractivity contribution in [2.75, 3.05) is 11.1 Å². The zero-order valence-electron chi connectivity index (χ0n) is 16.2. The molecule has 1 amide bonds. The molecule has 1 aromatic heterocycles. The number of benzene rings is 2. The quantitative estimate of drug-likeness (QED) is 0.201. The van der Waals surface area contributed by atoms with Crippen molar-refractivity contribution >= 4 is 29.6 Å². The molecular weight excluding hydrogens is 400 g/mol. The molecule has 0 saturated carbocycles. The van der Waals surface area contributed by atoms with Crippen molar-refractivity contribution in [1.82, 2.24) is 20.2 Å². The van der Waals surface area contributed by atoms with Crippen LogP contribution in [0.25, 0.3) is 0 Å². The summed E-state index contributed by atoms with van der Waals surface area (Å²) in [5.41, 5.74) is 4.14. The fourth-order valence-corrected chi connectivity index (χ4v) is 3.31. The van der Waals surface area contributed by atoms with Gasteiger partial charge in [0.15, 0.2) is 11.0 Å². The smallest absolute Gasteiger partial charge is 0.250 e. The SMILES string of the molecule is C=CCn1c(CNc2ccccc2)nnc1SCC(=O)NN=Cc1cccc(O)c1. The second-order valence-electron chi connectivity index (χ2n) is 6.19. The van der Waals surface area contributed by atoms with Gasteiger partial charge in [0, 0.05) is 12.2 Å². The van der Waals surface area contributed by atoms with E-state index in [9.17, 15) is 9.90 Å². The van der Waals surface area contributed by atoms with Crippen LogP contribution in [0.1, 0.15) is 11.4 Å². The molecule has 0 aliphatic carbocycles. The van der Waals surface area contributed by atoms with E-state index in [0.717, 1.165) is 11.5 Å². The molecule has 154 valence electrons. The van der Waals surface area contributed by atoms with Crippen LogP contribution in [0.15, 0.2) is 77.5 Å². The molecule has 3 rings (SSSR count). The van der Waals surface area contributed by atoms with Crippen molar-refractivity contribution in [2.24, 2.45) is 5.10 Å². The number of carbonyl (C=O) groups excluding carboxylic acids is 1. The average molecular weight is 423 g/mol. The Morgan fingerprint density at radius 1 is 1.20 bits per heavy atom. The maximum Gasteiger partial charge on any atom is 0.250 e. The van der Waals surface area contributed by atoms with Crippen molar-refractivity contribution in [1.29, 1.82) is 0 Å². The summed E-state index contributed by atoms with van der Waals surface area (Å²) in [5, 5.41) is 25.7. The van der Waals surface area contributed by atoms with Crippen molar-refractivity contribution in [3.05, 3.63) is 78.6 Å². The van der Waals surface area contributed by atoms with Gasteiger partial charge in [-0.25, -0.2) is 5.43 Å². The van der Waals surface area contributed by atoms with E-state index in [0.29, 0.717) is 23.8 Å². The van der Waals surface area contributed by atoms with Gasteiger partial charge in [-0.05, 0) is 29.8 Å². The number of nitrogens with one attached hydrogen (secondary N) is 2. The number of phenolic OH excluding ortho intramolecular Hbond substituents is 1. The first-order valence-electron chi connectivity index (χ1n) is 9.21. The minimum Gasteiger partial charge on any atom is -0.508 e. The highest BCUT2D eigenvalue weighted by Crippen LogP contribution is 2.18. The molecule has 8 nitrogen and oxygen atoms in total. The Balaban J connectivity index is 1.54. The molecule has 1 heterocycles. The van der Waals surface area contributed by atoms with Gasteiger partial charge in [-0.2, -0.15) is 5.10 Å². The van der Waals surface area contributed by atoms with E-state index < -0.39 is 0 Å². The number of thioether (sulfide) groups is 1. The summed E-state index contributed by atoms with van der Waals surface area (Å²) in [6.07, 6.45) is 3.23. The molecule has 3 aromatic rings. The Labute approximate surface area is 178 Å². The highest BCUT2D eigenvalue weighted by atomic mass is 32.2. The first-order chi connectivity index (χ1) is 14.7. The number of amides is 1. The molecule has 0 spiro atoms. The lowest BCUT2D eigenvalue weighted by Gasteiger charge is -2.09. The fraction of sp³-hybridized carbons (Fsp3) is 0.143. The maximum atomic E-state index is 12.1. The standard InChI is InChI=1S/C21H22N6O2S/c1-2-11-27-19(14-22-17-8-4-3-5-9-17)24-26-21(27)30-15-20(29)25-23-13-16-7-6-10-18(28)12-16/h2-10,12-13,22,28H,1,11,14-15H2,(H,25,29). The Kier molecular flexibility index (Phi) is 7.62. The van der Waals surface area contributed by atoms with Gasteiger partial charge < -0.3 is 15.0 Å². The number of nitrogens with zero attached hydrogens (tertiary/aromatic N) is 4. The summed E-state index contributed by atoms with van der Waals surface area (Å²) in [7, 11) is 0. The minimum atomic E-state index is -0.270. The summed E-state index contributed by atoms with van der Waals surface area (Å²) in [6, 6.07) is 16.4. The van der Waals surface area contributed by atoms with Crippen molar-refractivity contribution in [3.63, 3.8) is 0 Å². The Bertz CT molecular complexity index is 1020. The Hall–Kier alpha value is -3.59. The molecule has 3 N–H and O–H groups in total. The van der Waals surface area contributed by atoms with Crippen LogP contribution in [-0.2, 0) is 17.9 Å². The second-order valence-corrected chi connectivity index (χ2v) is 7.14. The van der Waals surface area contributed by atoms with Crippen LogP contribution in [0.2, 0.25) is 0 Å². The van der Waals surface area contributed by atoms with Crippen LogP contribution in [0.4, 0.5) is 5.69 Å². The summed E-state index contributed by atoms with van der Waals surface area (Å²) >= 11 is 1.27. The lowest BCUT2D eigenvalue weighted by atomic mass is 10.2. The molecule has 2 aromatic carbocycles. The molecule has 0 bridgehead atoms. The number of aromatic nitrogens is 3. The highest BCUT2D eigenvalue weighted by molar-refractivity contribution is 7.99. The zero-order chi connectivity index (χ0) is 21.2. The third-order valence-corrected chi connectivity index (χ3v) is 4.90. The van der Waals surface area contributed by atoms with Crippen LogP contribution in [0.3, 0.4) is 0 Å². The molecule has 0 radical (unpaired) electrons. The molecule has 0 fully saturated rings. The molecule has 9 heteroatoms. The summed E-state index contributed by atoms with van der Waals surface area (Å²) < 4.78 is 1.91. The third kappa shape index (κ3) is 6.21. The van der Waals surface area contributed by atoms with Gasteiger partial charge in [0.1, 0.15) is 5.75 Å². The van der Waals surface area contributed by atoms with Crippen LogP contribution >= 0.6 is 11.8 Å². The number of allylic oxidation sites excluding steroid dienone is 1. The minimum absolute atomic E-state index is 0.138. The lowest BCUT2D eigenvalue weighted by molar-refractivity contribution is -0.118. The number of rotatable bonds is 10. The van der Waals surface area contributed by atoms with Crippen molar-refractivity contribution in [2.45, 2.75) is 18.2 Å². The molecule has 0 aliphatic heterocycles. The molecule has 30 heavy (non-hydrogen) atoms. The number of carbonyl (C=O) groups is 1. The van der Waals surface area contributed by atoms with Gasteiger partial charge in [-0.1, -0.05) is 48.2 Å². The van der Waals surface area contributed by atoms with Crippen molar-refractivity contribution < 1.29 is 9.90 Å². The lowest BCUT2D eigenvalue weighted by Crippen LogP contribution is -2.20. The number of aromatic hydroxyl groups is 1. The number of hydrazone groups is 1. The number of hydrogen-bond donors (Lipinski definition) is 3. The van der Waals surface area contributed by atoms with E-state index in [1.807, 2.05) is 34.9 Å². The van der Waals surface area contributed by atoms with Gasteiger partial charge in [0.2, 0.25) is 0 Å². The maximum absolute atomic E-state index is 12.1. The van der Waals surface area contributed by atoms with Crippen molar-refractivity contribution in [3.8, 4) is 5.75 Å². The summed E-state index contributed by atoms with van der Waals surface area (Å²) in [6.45, 7) is 4.83. The Morgan fingerprint density at radius 2 is 2.03 bits per heavy atom. The van der Waals surface area contributed by atoms with E-state index in [4.69, 9.17) is 0 Å². The molecule has 0 aliphatic rings. The Morgan fingerprint density at radius 3 is 2.80 bits per heavy atom. The molecule has 0 saturated heterocycles. The van der Waals surface area contributed by atoms with Gasteiger partial charge in [0.05, 0.1) is 18.5 Å². The van der Waals surface area contributed by atoms with Gasteiger partial charge >= 0.3 is 0 Å². The largest absolute Gasteiger partial charge is 0.508 e. The fourth-order valence-electron chi connectivity index (χ4n) is 2.55. The predicted octanol–water partition coefficient (Wildman–Crippen LogP) is 3.02. The van der Waals surface area contributed by atoms with Gasteiger partial charge in [-0.15, -0.1) is 16.8 Å². The van der Waals surface area contributed by atoms with Crippen LogP contribution < -0.4 is 10.7 Å². The average Bonchev–Trinajstić information content (AvgIpc) is 3.13. The molecule has 0 unspecified atom stereocenters. The number of phenols is 1. The predicted molar refractivity (Wildman–Crippen MR) is 119 cm³/mol. The topological polar surface area (TPSA) is 104 Å². The molecule has 0 atom stereocenters. The summed E-state index contributed by atoms with van der Waals surface area (Å²) in [5.74, 6) is 0.760. The van der Waals surface area contributed by atoms with Crippen LogP contribution in [-0.4, -0.2) is 37.7 Å². The normalized spacial score (nSPS) is 10.8. The van der Waals surface area contributed by atoms with E-state index >= 15 is 0 Å². The van der Waals surface area contributed by atoms with E-state index in [1.54, 1.807) is 30.3 Å². The zero-order valence-corrected chi connectivity index (χ0v) is 17.0. The van der Waals surface area contributed by atoms with Crippen LogP contribution in [0.5, 0.6) is 5.75 Å². The van der Waals surface area contributed by atoms with Gasteiger partial charge in [0.25, 0.3) is 5.91 Å². The number of anilines is 1. The second kappa shape index (κ2) is 10.8. The van der Waals surface area contributed by atoms with E-state index in [2.05, 4.69) is 32.6 Å².